The number of imidazole rings is 1. The minimum Gasteiger partial charge on any atom is -0.479 e. The second kappa shape index (κ2) is 14.0. The number of hydrogen-bond donors (Lipinski definition) is 5. The number of halogens is 1. The third kappa shape index (κ3) is 7.02. The van der Waals surface area contributed by atoms with Gasteiger partial charge in [0.1, 0.15) is 6.10 Å². The number of terminal acetylenes is 1. The summed E-state index contributed by atoms with van der Waals surface area (Å²) in [6.07, 6.45) is 1.82. The summed E-state index contributed by atoms with van der Waals surface area (Å²) in [5.74, 6) is -1.10. The van der Waals surface area contributed by atoms with Crippen LogP contribution in [0.15, 0.2) is 36.7 Å². The Kier molecular flexibility index (Phi) is 10.7. The highest BCUT2D eigenvalue weighted by atomic mass is 35.5. The van der Waals surface area contributed by atoms with Crippen LogP contribution in [0.2, 0.25) is 5.28 Å². The van der Waals surface area contributed by atoms with Crippen LogP contribution in [0.5, 0.6) is 0 Å². The molecule has 0 amide bonds. The number of aromatic nitrogens is 4. The average molecular weight is 578 g/mol. The van der Waals surface area contributed by atoms with Crippen LogP contribution in [0.1, 0.15) is 11.8 Å². The van der Waals surface area contributed by atoms with Gasteiger partial charge in [0.05, 0.1) is 26.1 Å². The first-order valence-electron chi connectivity index (χ1n) is 11.8. The normalized spacial score (nSPS) is 13.9. The number of aliphatic hydroxyl groups excluding tert-OH is 2. The molecular formula is C25H28ClN5O9. The highest BCUT2D eigenvalue weighted by molar-refractivity contribution is 6.28. The highest BCUT2D eigenvalue weighted by Gasteiger charge is 2.49. The Balaban J connectivity index is 1.89. The first kappa shape index (κ1) is 30.7. The van der Waals surface area contributed by atoms with Gasteiger partial charge in [-0.1, -0.05) is 36.3 Å². The molecule has 214 valence electrons. The zero-order chi connectivity index (χ0) is 29.3. The maximum absolute atomic E-state index is 12.1. The molecule has 2 heterocycles. The van der Waals surface area contributed by atoms with Crippen molar-refractivity contribution in [3.63, 3.8) is 0 Å². The molecule has 0 aliphatic carbocycles. The topological polar surface area (TPSA) is 198 Å². The smallest absolute Gasteiger partial charge is 0.348 e. The lowest BCUT2D eigenvalue weighted by atomic mass is 9.94. The molecule has 0 aliphatic rings. The van der Waals surface area contributed by atoms with E-state index in [9.17, 15) is 30.0 Å². The molecule has 3 atom stereocenters. The van der Waals surface area contributed by atoms with Crippen LogP contribution in [0.3, 0.4) is 0 Å². The molecule has 3 aromatic rings. The van der Waals surface area contributed by atoms with Crippen LogP contribution in [-0.4, -0.2) is 103 Å². The van der Waals surface area contributed by atoms with Gasteiger partial charge in [-0.3, -0.25) is 4.57 Å². The summed E-state index contributed by atoms with van der Waals surface area (Å²) in [6.45, 7) is -0.703. The molecule has 0 radical (unpaired) electrons. The molecule has 0 bridgehead atoms. The molecule has 2 aromatic heterocycles. The van der Waals surface area contributed by atoms with Gasteiger partial charge in [-0.05, 0) is 17.2 Å². The standard InChI is InChI=1S/C25H28ClN5O9/c1-3-17(33)21(31-14-28-18-19(27-9-10-38-2)29-24(26)30-20(18)31)40-16(12-32)13-39-25(22(34)35,23(36)37)11-15-7-5-4-6-8-15/h1,4-8,14,16-17,21,32-33H,9-13H2,2H3,(H,34,35)(H,36,37)(H,27,29,30)/t16-,17+,21+/m0/s1. The van der Waals surface area contributed by atoms with E-state index in [1.165, 1.54) is 18.0 Å². The first-order chi connectivity index (χ1) is 19.2. The lowest BCUT2D eigenvalue weighted by molar-refractivity contribution is -0.195. The molecule has 0 unspecified atom stereocenters. The van der Waals surface area contributed by atoms with E-state index in [1.807, 2.05) is 0 Å². The van der Waals surface area contributed by atoms with E-state index in [0.717, 1.165) is 0 Å². The zero-order valence-electron chi connectivity index (χ0n) is 21.3. The molecule has 0 spiro atoms. The molecule has 15 heteroatoms. The molecule has 0 saturated carbocycles. The molecule has 0 saturated heterocycles. The molecule has 5 N–H and O–H groups in total. The summed E-state index contributed by atoms with van der Waals surface area (Å²) >= 11 is 6.09. The number of carboxylic acids is 2. The minimum atomic E-state index is -2.69. The number of carbonyl (C=O) groups is 2. The Hall–Kier alpha value is -3.84. The van der Waals surface area contributed by atoms with E-state index in [-0.39, 0.29) is 22.3 Å². The van der Waals surface area contributed by atoms with Gasteiger partial charge in [0.15, 0.2) is 29.3 Å². The number of carboxylic acid groups (broad SMARTS) is 2. The Morgan fingerprint density at radius 1 is 1.23 bits per heavy atom. The Morgan fingerprint density at radius 2 is 1.93 bits per heavy atom. The summed E-state index contributed by atoms with van der Waals surface area (Å²) in [7, 11) is 1.53. The number of nitrogens with zero attached hydrogens (tertiary/aromatic N) is 4. The lowest BCUT2D eigenvalue weighted by Gasteiger charge is -2.30. The summed E-state index contributed by atoms with van der Waals surface area (Å²) < 4.78 is 17.5. The van der Waals surface area contributed by atoms with Crippen molar-refractivity contribution in [2.45, 2.75) is 30.5 Å². The third-order valence-electron chi connectivity index (χ3n) is 5.75. The largest absolute Gasteiger partial charge is 0.479 e. The highest BCUT2D eigenvalue weighted by Crippen LogP contribution is 2.27. The molecule has 0 fully saturated rings. The van der Waals surface area contributed by atoms with Crippen LogP contribution >= 0.6 is 11.6 Å². The van der Waals surface area contributed by atoms with Crippen LogP contribution in [-0.2, 0) is 30.2 Å². The summed E-state index contributed by atoms with van der Waals surface area (Å²) in [5, 5.41) is 43.0. The monoisotopic (exact) mass is 577 g/mol. The second-order valence-electron chi connectivity index (χ2n) is 8.44. The fraction of sp³-hybridized carbons (Fsp3) is 0.400. The van der Waals surface area contributed by atoms with Crippen molar-refractivity contribution in [2.24, 2.45) is 0 Å². The average Bonchev–Trinajstić information content (AvgIpc) is 3.35. The van der Waals surface area contributed by atoms with Gasteiger partial charge in [-0.25, -0.2) is 14.6 Å². The van der Waals surface area contributed by atoms with E-state index in [0.29, 0.717) is 18.7 Å². The molecule has 0 aliphatic heterocycles. The Morgan fingerprint density at radius 3 is 2.52 bits per heavy atom. The van der Waals surface area contributed by atoms with E-state index in [1.54, 1.807) is 30.3 Å². The number of aliphatic hydroxyl groups is 2. The number of benzene rings is 1. The fourth-order valence-corrected chi connectivity index (χ4v) is 3.88. The maximum atomic E-state index is 12.1. The first-order valence-corrected chi connectivity index (χ1v) is 12.2. The lowest BCUT2D eigenvalue weighted by Crippen LogP contribution is -2.52. The number of aliphatic carboxylic acids is 2. The summed E-state index contributed by atoms with van der Waals surface area (Å²) in [4.78, 5) is 36.7. The van der Waals surface area contributed by atoms with Gasteiger partial charge < -0.3 is 40.0 Å². The van der Waals surface area contributed by atoms with Crippen LogP contribution in [0, 0.1) is 12.3 Å². The Bertz CT molecular complexity index is 1330. The van der Waals surface area contributed by atoms with Crippen LogP contribution in [0.4, 0.5) is 5.82 Å². The fourth-order valence-electron chi connectivity index (χ4n) is 3.71. The van der Waals surface area contributed by atoms with Crippen molar-refractivity contribution in [2.75, 3.05) is 38.8 Å². The van der Waals surface area contributed by atoms with Gasteiger partial charge in [-0.15, -0.1) is 6.42 Å². The predicted octanol–water partition coefficient (Wildman–Crippen LogP) is 0.575. The zero-order valence-corrected chi connectivity index (χ0v) is 22.1. The van der Waals surface area contributed by atoms with E-state index >= 15 is 0 Å². The van der Waals surface area contributed by atoms with Gasteiger partial charge in [0, 0.05) is 20.1 Å². The number of nitrogens with one attached hydrogen (secondary N) is 1. The van der Waals surface area contributed by atoms with Gasteiger partial charge >= 0.3 is 11.9 Å². The molecule has 40 heavy (non-hydrogen) atoms. The number of rotatable bonds is 16. The van der Waals surface area contributed by atoms with E-state index < -0.39 is 55.6 Å². The van der Waals surface area contributed by atoms with Crippen LogP contribution < -0.4 is 5.32 Å². The van der Waals surface area contributed by atoms with Crippen molar-refractivity contribution in [1.82, 2.24) is 19.5 Å². The van der Waals surface area contributed by atoms with Crippen molar-refractivity contribution >= 4 is 40.5 Å². The summed E-state index contributed by atoms with van der Waals surface area (Å²) in [5.41, 5.74) is -1.92. The number of anilines is 1. The molecular weight excluding hydrogens is 550 g/mol. The molecule has 3 rings (SSSR count). The van der Waals surface area contributed by atoms with Gasteiger partial charge in [-0.2, -0.15) is 9.97 Å². The number of ether oxygens (including phenoxy) is 3. The van der Waals surface area contributed by atoms with E-state index in [2.05, 4.69) is 26.2 Å². The SMILES string of the molecule is C#C[C@@H](O)[C@@H](O[C@@H](CO)COC(Cc1ccccc1)(C(=O)O)C(=O)O)n1cnc2c(NCCOC)nc(Cl)nc21. The van der Waals surface area contributed by atoms with Gasteiger partial charge in [0.25, 0.3) is 5.60 Å². The second-order valence-corrected chi connectivity index (χ2v) is 8.78. The Labute approximate surface area is 233 Å². The number of methoxy groups -OCH3 is 1. The van der Waals surface area contributed by atoms with Gasteiger partial charge in [0.2, 0.25) is 5.28 Å². The number of hydrogen-bond acceptors (Lipinski definition) is 11. The molecule has 1 aromatic carbocycles. The summed E-state index contributed by atoms with van der Waals surface area (Å²) in [6, 6.07) is 8.05. The quantitative estimate of drug-likeness (QED) is 0.0686. The third-order valence-corrected chi connectivity index (χ3v) is 5.91. The van der Waals surface area contributed by atoms with Crippen molar-refractivity contribution in [1.29, 1.82) is 0 Å². The van der Waals surface area contributed by atoms with Crippen molar-refractivity contribution in [3.05, 3.63) is 47.5 Å². The van der Waals surface area contributed by atoms with E-state index in [4.69, 9.17) is 32.2 Å². The van der Waals surface area contributed by atoms with Crippen molar-refractivity contribution in [3.8, 4) is 12.3 Å². The number of fused-ring (bicyclic) bond motifs is 1. The van der Waals surface area contributed by atoms with Crippen LogP contribution in [0.25, 0.3) is 11.2 Å². The molecule has 14 nitrogen and oxygen atoms in total. The maximum Gasteiger partial charge on any atom is 0.348 e. The minimum absolute atomic E-state index is 0.117. The predicted molar refractivity (Wildman–Crippen MR) is 141 cm³/mol. The van der Waals surface area contributed by atoms with Crippen molar-refractivity contribution < 1.29 is 44.2 Å².